The van der Waals surface area contributed by atoms with Crippen molar-refractivity contribution in [3.63, 3.8) is 0 Å². The van der Waals surface area contributed by atoms with Gasteiger partial charge in [0, 0.05) is 0 Å². The number of benzene rings is 1. The summed E-state index contributed by atoms with van der Waals surface area (Å²) in [5.74, 6) is -1.62. The van der Waals surface area contributed by atoms with Gasteiger partial charge < -0.3 is 9.05 Å². The van der Waals surface area contributed by atoms with E-state index in [1.54, 1.807) is 18.2 Å². The van der Waals surface area contributed by atoms with Crippen LogP contribution in [0.2, 0.25) is 0 Å². The Bertz CT molecular complexity index is 729. The van der Waals surface area contributed by atoms with E-state index < -0.39 is 34.3 Å². The molecule has 0 unspecified atom stereocenters. The fourth-order valence-electron chi connectivity index (χ4n) is 3.40. The van der Waals surface area contributed by atoms with E-state index in [9.17, 15) is 13.0 Å². The molecule has 0 aromatic heterocycles. The normalized spacial score (nSPS) is 22.3. The highest BCUT2D eigenvalue weighted by Gasteiger charge is 2.62. The van der Waals surface area contributed by atoms with Crippen LogP contribution in [0.4, 0.5) is 8.78 Å². The number of hydrogen-bond acceptors (Lipinski definition) is 5. The first kappa shape index (κ1) is 21.5. The lowest BCUT2D eigenvalue weighted by atomic mass is 9.89. The van der Waals surface area contributed by atoms with E-state index in [0.717, 1.165) is 0 Å². The van der Waals surface area contributed by atoms with Crippen LogP contribution in [0, 0.1) is 5.92 Å². The van der Waals surface area contributed by atoms with E-state index in [4.69, 9.17) is 9.05 Å². The minimum atomic E-state index is -4.79. The molecule has 0 bridgehead atoms. The lowest BCUT2D eigenvalue weighted by molar-refractivity contribution is -0.0238. The van der Waals surface area contributed by atoms with Gasteiger partial charge in [-0.1, -0.05) is 31.0 Å². The molecule has 1 saturated carbocycles. The van der Waals surface area contributed by atoms with Crippen LogP contribution >= 0.6 is 7.60 Å². The van der Waals surface area contributed by atoms with Gasteiger partial charge in [0.1, 0.15) is 0 Å². The Labute approximate surface area is 153 Å². The number of sulfone groups is 1. The molecule has 2 atom stereocenters. The van der Waals surface area contributed by atoms with Gasteiger partial charge in [-0.15, -0.1) is 0 Å². The zero-order valence-corrected chi connectivity index (χ0v) is 16.6. The van der Waals surface area contributed by atoms with Crippen LogP contribution in [0.3, 0.4) is 0 Å². The second-order valence-corrected chi connectivity index (χ2v) is 10.5. The summed E-state index contributed by atoms with van der Waals surface area (Å²) in [5, 5.41) is -1.33. The molecule has 0 heterocycles. The maximum atomic E-state index is 15.3. The number of halogens is 2. The fourth-order valence-corrected chi connectivity index (χ4v) is 7.42. The molecule has 5 nitrogen and oxygen atoms in total. The third-order valence-corrected chi connectivity index (χ3v) is 9.13. The van der Waals surface area contributed by atoms with Crippen LogP contribution in [0.25, 0.3) is 0 Å². The average Bonchev–Trinajstić information content (AvgIpc) is 2.63. The van der Waals surface area contributed by atoms with Gasteiger partial charge in [-0.05, 0) is 38.8 Å². The molecule has 9 heteroatoms. The van der Waals surface area contributed by atoms with Crippen LogP contribution < -0.4 is 0 Å². The van der Waals surface area contributed by atoms with Crippen LogP contribution in [0.5, 0.6) is 0 Å². The summed E-state index contributed by atoms with van der Waals surface area (Å²) in [4.78, 5) is -0.00430. The predicted octanol–water partition coefficient (Wildman–Crippen LogP) is 4.88. The maximum Gasteiger partial charge on any atom is 0.399 e. The molecule has 2 rings (SSSR count). The van der Waals surface area contributed by atoms with Gasteiger partial charge >= 0.3 is 13.3 Å². The van der Waals surface area contributed by atoms with Crippen molar-refractivity contribution in [2.45, 2.75) is 55.3 Å². The Morgan fingerprint density at radius 3 is 2.15 bits per heavy atom. The summed E-state index contributed by atoms with van der Waals surface area (Å²) >= 11 is 0. The Morgan fingerprint density at radius 2 is 1.62 bits per heavy atom. The van der Waals surface area contributed by atoms with Crippen molar-refractivity contribution in [2.75, 3.05) is 13.2 Å². The van der Waals surface area contributed by atoms with Gasteiger partial charge in [0.05, 0.1) is 29.3 Å². The Morgan fingerprint density at radius 1 is 1.08 bits per heavy atom. The first-order valence-corrected chi connectivity index (χ1v) is 11.9. The highest BCUT2D eigenvalue weighted by atomic mass is 32.2. The number of alkyl halides is 2. The SMILES string of the molecule is CCOP(=O)(OCC)C(F)(F)[C@H]1CCCC[C@@H]1S(=O)(=O)c1ccccc1. The Hall–Kier alpha value is -0.820. The topological polar surface area (TPSA) is 69.7 Å². The lowest BCUT2D eigenvalue weighted by Crippen LogP contribution is -2.44. The van der Waals surface area contributed by atoms with Crippen molar-refractivity contribution >= 4 is 17.4 Å². The summed E-state index contributed by atoms with van der Waals surface area (Å²) in [7, 11) is -8.78. The average molecular weight is 410 g/mol. The molecular formula is C17H25F2O5PS. The second kappa shape index (κ2) is 8.46. The van der Waals surface area contributed by atoms with E-state index in [1.807, 2.05) is 0 Å². The molecule has 0 N–H and O–H groups in total. The summed E-state index contributed by atoms with van der Waals surface area (Å²) in [6, 6.07) is 7.54. The maximum absolute atomic E-state index is 15.3. The van der Waals surface area contributed by atoms with Gasteiger partial charge in [0.15, 0.2) is 9.84 Å². The Kier molecular flexibility index (Phi) is 6.99. The highest BCUT2D eigenvalue weighted by molar-refractivity contribution is 7.92. The third-order valence-electron chi connectivity index (χ3n) is 4.58. The molecule has 0 radical (unpaired) electrons. The van der Waals surface area contributed by atoms with E-state index >= 15 is 8.78 Å². The van der Waals surface area contributed by atoms with Gasteiger partial charge in [0.25, 0.3) is 0 Å². The molecule has 0 spiro atoms. The molecular weight excluding hydrogens is 385 g/mol. The molecule has 0 amide bonds. The second-order valence-electron chi connectivity index (χ2n) is 6.21. The minimum absolute atomic E-state index is 0.00430. The van der Waals surface area contributed by atoms with Crippen molar-refractivity contribution in [2.24, 2.45) is 5.92 Å². The fraction of sp³-hybridized carbons (Fsp3) is 0.647. The number of hydrogen-bond donors (Lipinski definition) is 0. The molecule has 148 valence electrons. The zero-order valence-electron chi connectivity index (χ0n) is 14.9. The monoisotopic (exact) mass is 410 g/mol. The summed E-state index contributed by atoms with van der Waals surface area (Å²) in [6.45, 7) is 2.47. The first-order chi connectivity index (χ1) is 12.2. The van der Waals surface area contributed by atoms with E-state index in [-0.39, 0.29) is 31.0 Å². The first-order valence-electron chi connectivity index (χ1n) is 8.76. The van der Waals surface area contributed by atoms with Crippen LogP contribution in [-0.2, 0) is 23.4 Å². The summed E-state index contributed by atoms with van der Waals surface area (Å²) < 4.78 is 78.9. The molecule has 26 heavy (non-hydrogen) atoms. The zero-order chi connectivity index (χ0) is 19.4. The van der Waals surface area contributed by atoms with Gasteiger partial charge in [-0.3, -0.25) is 4.57 Å². The summed E-state index contributed by atoms with van der Waals surface area (Å²) in [5.41, 5.74) is -3.88. The van der Waals surface area contributed by atoms with Crippen LogP contribution in [0.1, 0.15) is 39.5 Å². The van der Waals surface area contributed by atoms with Gasteiger partial charge in [-0.25, -0.2) is 8.42 Å². The predicted molar refractivity (Wildman–Crippen MR) is 95.2 cm³/mol. The van der Waals surface area contributed by atoms with Crippen molar-refractivity contribution in [3.8, 4) is 0 Å². The molecule has 1 aromatic rings. The van der Waals surface area contributed by atoms with Gasteiger partial charge in [0.2, 0.25) is 0 Å². The standard InChI is InChI=1S/C17H25F2O5PS/c1-3-23-25(20,24-4-2)17(18,19)15-12-8-9-13-16(15)26(21,22)14-10-6-5-7-11-14/h5-7,10-11,15-16H,3-4,8-9,12-13H2,1-2H3/t15-,16-/m0/s1. The molecule has 0 saturated heterocycles. The van der Waals surface area contributed by atoms with E-state index in [2.05, 4.69) is 0 Å². The van der Waals surface area contributed by atoms with Crippen molar-refractivity contribution < 1.29 is 30.8 Å². The van der Waals surface area contributed by atoms with Gasteiger partial charge in [-0.2, -0.15) is 8.78 Å². The van der Waals surface area contributed by atoms with Crippen molar-refractivity contribution in [1.29, 1.82) is 0 Å². The highest BCUT2D eigenvalue weighted by Crippen LogP contribution is 2.67. The lowest BCUT2D eigenvalue weighted by Gasteiger charge is -2.38. The molecule has 0 aliphatic heterocycles. The van der Waals surface area contributed by atoms with Crippen LogP contribution in [0.15, 0.2) is 35.2 Å². The van der Waals surface area contributed by atoms with E-state index in [0.29, 0.717) is 12.8 Å². The molecule has 1 aromatic carbocycles. The quantitative estimate of drug-likeness (QED) is 0.572. The number of rotatable bonds is 8. The van der Waals surface area contributed by atoms with Crippen molar-refractivity contribution in [3.05, 3.63) is 30.3 Å². The minimum Gasteiger partial charge on any atom is -0.305 e. The summed E-state index contributed by atoms with van der Waals surface area (Å²) in [6.07, 6.45) is 1.01. The van der Waals surface area contributed by atoms with Crippen LogP contribution in [-0.4, -0.2) is 32.5 Å². The third kappa shape index (κ3) is 4.03. The molecule has 1 aliphatic carbocycles. The smallest absolute Gasteiger partial charge is 0.305 e. The van der Waals surface area contributed by atoms with Crippen molar-refractivity contribution in [1.82, 2.24) is 0 Å². The largest absolute Gasteiger partial charge is 0.399 e. The van der Waals surface area contributed by atoms with E-state index in [1.165, 1.54) is 26.0 Å². The molecule has 1 fully saturated rings. The molecule has 1 aliphatic rings. The Balaban J connectivity index is 2.46.